The molecule has 0 aliphatic carbocycles. The smallest absolute Gasteiger partial charge is 0.0593 e. The zero-order chi connectivity index (χ0) is 8.81. The Bertz CT molecular complexity index is 112. The van der Waals surface area contributed by atoms with Crippen LogP contribution in [0.15, 0.2) is 0 Å². The van der Waals surface area contributed by atoms with Crippen LogP contribution in [-0.4, -0.2) is 24.2 Å². The fraction of sp³-hybridized carbons (Fsp3) is 1.00. The van der Waals surface area contributed by atoms with Crippen LogP contribution in [0.3, 0.4) is 0 Å². The largest absolute Gasteiger partial charge is 0.380 e. The van der Waals surface area contributed by atoms with Gasteiger partial charge in [0.2, 0.25) is 0 Å². The Morgan fingerprint density at radius 1 is 1.58 bits per heavy atom. The molecular formula is C10H20OS. The van der Waals surface area contributed by atoms with Crippen molar-refractivity contribution in [1.82, 2.24) is 0 Å². The molecule has 0 N–H and O–H groups in total. The molecule has 0 amide bonds. The van der Waals surface area contributed by atoms with Crippen molar-refractivity contribution >= 4 is 11.8 Å². The molecule has 1 nitrogen and oxygen atoms in total. The van der Waals surface area contributed by atoms with Gasteiger partial charge in [-0.15, -0.1) is 0 Å². The van der Waals surface area contributed by atoms with Crippen molar-refractivity contribution in [2.24, 2.45) is 5.92 Å². The minimum absolute atomic E-state index is 0.758. The summed E-state index contributed by atoms with van der Waals surface area (Å²) in [5, 5.41) is 0.836. The quantitative estimate of drug-likeness (QED) is 0.568. The van der Waals surface area contributed by atoms with Crippen molar-refractivity contribution in [3.05, 3.63) is 0 Å². The van der Waals surface area contributed by atoms with Gasteiger partial charge >= 0.3 is 0 Å². The van der Waals surface area contributed by atoms with E-state index in [0.29, 0.717) is 0 Å². The molecule has 12 heavy (non-hydrogen) atoms. The van der Waals surface area contributed by atoms with E-state index < -0.39 is 0 Å². The van der Waals surface area contributed by atoms with Crippen LogP contribution in [0.2, 0.25) is 0 Å². The highest BCUT2D eigenvalue weighted by Crippen LogP contribution is 2.30. The molecule has 2 unspecified atom stereocenters. The molecule has 0 aromatic rings. The summed E-state index contributed by atoms with van der Waals surface area (Å²) in [4.78, 5) is 0. The van der Waals surface area contributed by atoms with Crippen molar-refractivity contribution in [2.45, 2.75) is 38.4 Å². The fourth-order valence-electron chi connectivity index (χ4n) is 1.20. The van der Waals surface area contributed by atoms with Gasteiger partial charge in [0.15, 0.2) is 0 Å². The monoisotopic (exact) mass is 188 g/mol. The van der Waals surface area contributed by atoms with Crippen molar-refractivity contribution in [1.29, 1.82) is 0 Å². The predicted octanol–water partition coefficient (Wildman–Crippen LogP) is 2.94. The first-order chi connectivity index (χ1) is 5.83. The van der Waals surface area contributed by atoms with Crippen LogP contribution in [-0.2, 0) is 4.74 Å². The third kappa shape index (κ3) is 5.04. The Hall–Kier alpha value is 0.310. The van der Waals surface area contributed by atoms with Gasteiger partial charge in [-0.1, -0.05) is 26.7 Å². The van der Waals surface area contributed by atoms with Crippen LogP contribution in [0.25, 0.3) is 0 Å². The Labute approximate surface area is 80.3 Å². The normalized spacial score (nSPS) is 24.0. The lowest BCUT2D eigenvalue weighted by Gasteiger charge is -2.10. The van der Waals surface area contributed by atoms with Crippen molar-refractivity contribution in [3.8, 4) is 0 Å². The molecule has 0 aromatic carbocycles. The first-order valence-corrected chi connectivity index (χ1v) is 6.07. The summed E-state index contributed by atoms with van der Waals surface area (Å²) in [6.45, 7) is 6.49. The first-order valence-electron chi connectivity index (χ1n) is 5.02. The Morgan fingerprint density at radius 2 is 2.33 bits per heavy atom. The third-order valence-electron chi connectivity index (χ3n) is 2.16. The van der Waals surface area contributed by atoms with E-state index in [2.05, 4.69) is 13.8 Å². The number of thioether (sulfide) groups is 1. The van der Waals surface area contributed by atoms with Crippen LogP contribution in [0.1, 0.15) is 33.1 Å². The van der Waals surface area contributed by atoms with Gasteiger partial charge in [-0.2, -0.15) is 11.8 Å². The molecule has 1 aliphatic heterocycles. The number of hydrogen-bond donors (Lipinski definition) is 0. The first kappa shape index (κ1) is 10.4. The van der Waals surface area contributed by atoms with E-state index >= 15 is 0 Å². The highest BCUT2D eigenvalue weighted by molar-refractivity contribution is 8.06. The highest BCUT2D eigenvalue weighted by atomic mass is 32.2. The minimum Gasteiger partial charge on any atom is -0.380 e. The van der Waals surface area contributed by atoms with Gasteiger partial charge in [-0.3, -0.25) is 0 Å². The summed E-state index contributed by atoms with van der Waals surface area (Å²) >= 11 is 2.01. The van der Waals surface area contributed by atoms with E-state index in [1.165, 1.54) is 25.0 Å². The summed E-state index contributed by atoms with van der Waals surface area (Å²) in [7, 11) is 0. The predicted molar refractivity (Wildman–Crippen MR) is 55.8 cm³/mol. The van der Waals surface area contributed by atoms with Crippen molar-refractivity contribution in [2.75, 3.05) is 19.0 Å². The number of rotatable bonds is 7. The van der Waals surface area contributed by atoms with E-state index in [9.17, 15) is 0 Å². The molecule has 0 saturated carbocycles. The van der Waals surface area contributed by atoms with Gasteiger partial charge < -0.3 is 4.74 Å². The van der Waals surface area contributed by atoms with E-state index in [0.717, 1.165) is 24.4 Å². The van der Waals surface area contributed by atoms with Crippen LogP contribution in [0.4, 0.5) is 0 Å². The maximum absolute atomic E-state index is 5.60. The van der Waals surface area contributed by atoms with Crippen molar-refractivity contribution in [3.63, 3.8) is 0 Å². The molecule has 1 heterocycles. The highest BCUT2D eigenvalue weighted by Gasteiger charge is 2.22. The number of unbranched alkanes of at least 4 members (excludes halogenated alkanes) is 1. The third-order valence-corrected chi connectivity index (χ3v) is 3.10. The maximum atomic E-state index is 5.60. The molecule has 0 radical (unpaired) electrons. The summed E-state index contributed by atoms with van der Waals surface area (Å²) in [6.07, 6.45) is 3.99. The second kappa shape index (κ2) is 5.87. The average Bonchev–Trinajstić information content (AvgIpc) is 2.84. The van der Waals surface area contributed by atoms with Crippen molar-refractivity contribution < 1.29 is 4.74 Å². The molecule has 1 rings (SSSR count). The molecule has 2 atom stereocenters. The number of hydrogen-bond acceptors (Lipinski definition) is 2. The van der Waals surface area contributed by atoms with E-state index in [4.69, 9.17) is 4.74 Å². The average molecular weight is 188 g/mol. The topological polar surface area (TPSA) is 9.23 Å². The zero-order valence-corrected chi connectivity index (χ0v) is 9.03. The van der Waals surface area contributed by atoms with Crippen LogP contribution in [0, 0.1) is 5.92 Å². The van der Waals surface area contributed by atoms with E-state index in [1.54, 1.807) is 0 Å². The van der Waals surface area contributed by atoms with E-state index in [-0.39, 0.29) is 0 Å². The fourth-order valence-corrected chi connectivity index (χ4v) is 1.63. The molecular weight excluding hydrogens is 168 g/mol. The maximum Gasteiger partial charge on any atom is 0.0593 e. The zero-order valence-electron chi connectivity index (χ0n) is 8.21. The summed E-state index contributed by atoms with van der Waals surface area (Å²) in [6, 6.07) is 0. The summed E-state index contributed by atoms with van der Waals surface area (Å²) < 4.78 is 5.60. The Balaban J connectivity index is 1.83. The molecule has 1 aliphatic rings. The Kier molecular flexibility index (Phi) is 5.08. The van der Waals surface area contributed by atoms with Crippen LogP contribution < -0.4 is 0 Å². The van der Waals surface area contributed by atoms with Gasteiger partial charge in [0, 0.05) is 17.6 Å². The van der Waals surface area contributed by atoms with Gasteiger partial charge in [-0.05, 0) is 12.3 Å². The number of ether oxygens (including phenoxy) is 1. The van der Waals surface area contributed by atoms with Gasteiger partial charge in [0.1, 0.15) is 0 Å². The van der Waals surface area contributed by atoms with Gasteiger partial charge in [0.05, 0.1) is 6.61 Å². The summed E-state index contributed by atoms with van der Waals surface area (Å²) in [5.41, 5.74) is 0. The lowest BCUT2D eigenvalue weighted by Crippen LogP contribution is -2.09. The molecule has 1 fully saturated rings. The van der Waals surface area contributed by atoms with E-state index in [1.807, 2.05) is 11.8 Å². The SMILES string of the molecule is CCCCC(C)COCC1CS1. The lowest BCUT2D eigenvalue weighted by atomic mass is 10.1. The van der Waals surface area contributed by atoms with Gasteiger partial charge in [-0.25, -0.2) is 0 Å². The summed E-state index contributed by atoms with van der Waals surface area (Å²) in [5.74, 6) is 2.08. The molecule has 2 heteroatoms. The minimum atomic E-state index is 0.758. The standard InChI is InChI=1S/C10H20OS/c1-3-4-5-9(2)6-11-7-10-8-12-10/h9-10H,3-8H2,1-2H3. The molecule has 0 aromatic heterocycles. The second-order valence-electron chi connectivity index (χ2n) is 3.74. The van der Waals surface area contributed by atoms with Gasteiger partial charge in [0.25, 0.3) is 0 Å². The lowest BCUT2D eigenvalue weighted by molar-refractivity contribution is 0.108. The molecule has 0 bridgehead atoms. The molecule has 0 spiro atoms. The molecule has 72 valence electrons. The van der Waals surface area contributed by atoms with Crippen LogP contribution in [0.5, 0.6) is 0 Å². The van der Waals surface area contributed by atoms with Crippen LogP contribution >= 0.6 is 11.8 Å². The molecule has 1 saturated heterocycles. The Morgan fingerprint density at radius 3 is 2.92 bits per heavy atom. The second-order valence-corrected chi connectivity index (χ2v) is 5.07.